The molecule has 3 rings (SSSR count). The first-order valence-corrected chi connectivity index (χ1v) is 9.35. The Balaban J connectivity index is 1.66. The fourth-order valence-corrected chi connectivity index (χ4v) is 4.13. The first-order chi connectivity index (χ1) is 11.9. The van der Waals surface area contributed by atoms with E-state index in [0.717, 1.165) is 16.0 Å². The molecule has 0 fully saturated rings. The van der Waals surface area contributed by atoms with Crippen molar-refractivity contribution in [2.24, 2.45) is 5.41 Å². The van der Waals surface area contributed by atoms with Crippen molar-refractivity contribution in [1.82, 2.24) is 5.32 Å². The number of fused-ring (bicyclic) bond motifs is 1. The van der Waals surface area contributed by atoms with Crippen molar-refractivity contribution in [2.75, 3.05) is 6.61 Å². The molecule has 0 spiro atoms. The Hall–Kier alpha value is -2.14. The van der Waals surface area contributed by atoms with Crippen LogP contribution in [0, 0.1) is 5.41 Å². The molecule has 4 nitrogen and oxygen atoms in total. The predicted molar refractivity (Wildman–Crippen MR) is 99.2 cm³/mol. The number of hydrogen-bond donors (Lipinski definition) is 1. The van der Waals surface area contributed by atoms with Crippen molar-refractivity contribution >= 4 is 23.0 Å². The van der Waals surface area contributed by atoms with Crippen LogP contribution in [0.4, 0.5) is 0 Å². The molecule has 25 heavy (non-hydrogen) atoms. The van der Waals surface area contributed by atoms with Gasteiger partial charge in [-0.05, 0) is 29.3 Å². The smallest absolute Gasteiger partial charge is 0.258 e. The first-order valence-electron chi connectivity index (χ1n) is 8.47. The van der Waals surface area contributed by atoms with E-state index in [0.29, 0.717) is 18.6 Å². The summed E-state index contributed by atoms with van der Waals surface area (Å²) in [5.41, 5.74) is 1.55. The van der Waals surface area contributed by atoms with E-state index in [1.165, 1.54) is 0 Å². The fourth-order valence-electron chi connectivity index (χ4n) is 3.11. The van der Waals surface area contributed by atoms with E-state index < -0.39 is 0 Å². The van der Waals surface area contributed by atoms with E-state index >= 15 is 0 Å². The molecule has 0 saturated carbocycles. The van der Waals surface area contributed by atoms with Crippen LogP contribution in [0.3, 0.4) is 0 Å². The van der Waals surface area contributed by atoms with Crippen molar-refractivity contribution in [3.63, 3.8) is 0 Å². The third kappa shape index (κ3) is 3.93. The van der Waals surface area contributed by atoms with Crippen LogP contribution in [-0.2, 0) is 11.2 Å². The number of ether oxygens (including phenoxy) is 1. The largest absolute Gasteiger partial charge is 0.483 e. The van der Waals surface area contributed by atoms with Crippen LogP contribution in [0.15, 0.2) is 35.7 Å². The summed E-state index contributed by atoms with van der Waals surface area (Å²) in [4.78, 5) is 25.4. The number of hydrogen-bond acceptors (Lipinski definition) is 4. The van der Waals surface area contributed by atoms with E-state index in [4.69, 9.17) is 4.74 Å². The molecule has 1 aromatic heterocycles. The zero-order valence-corrected chi connectivity index (χ0v) is 15.6. The van der Waals surface area contributed by atoms with Crippen LogP contribution in [-0.4, -0.2) is 18.3 Å². The number of rotatable bonds is 5. The highest BCUT2D eigenvalue weighted by molar-refractivity contribution is 7.10. The van der Waals surface area contributed by atoms with Gasteiger partial charge in [-0.1, -0.05) is 39.0 Å². The van der Waals surface area contributed by atoms with Gasteiger partial charge in [-0.2, -0.15) is 0 Å². The normalized spacial score (nSPS) is 14.9. The van der Waals surface area contributed by atoms with Gasteiger partial charge >= 0.3 is 0 Å². The Labute approximate surface area is 152 Å². The summed E-state index contributed by atoms with van der Waals surface area (Å²) in [6.07, 6.45) is 1.21. The standard InChI is InChI=1S/C20H23NO3S/c1-20(2,3)19(17-8-5-11-25-17)21-18(23)12-24-16-7-4-6-13-14(16)9-10-15(13)22/h4-8,11,19H,9-10,12H2,1-3H3,(H,21,23). The van der Waals surface area contributed by atoms with E-state index in [2.05, 4.69) is 26.1 Å². The second-order valence-corrected chi connectivity index (χ2v) is 8.36. The zero-order chi connectivity index (χ0) is 18.0. The molecular formula is C20H23NO3S. The van der Waals surface area contributed by atoms with E-state index in [9.17, 15) is 9.59 Å². The molecule has 0 aliphatic heterocycles. The van der Waals surface area contributed by atoms with Gasteiger partial charge in [0.25, 0.3) is 5.91 Å². The van der Waals surface area contributed by atoms with Gasteiger partial charge in [-0.25, -0.2) is 0 Å². The van der Waals surface area contributed by atoms with Gasteiger partial charge < -0.3 is 10.1 Å². The first kappa shape index (κ1) is 17.7. The second kappa shape index (κ2) is 7.00. The quantitative estimate of drug-likeness (QED) is 0.874. The summed E-state index contributed by atoms with van der Waals surface area (Å²) in [5.74, 6) is 0.632. The predicted octanol–water partition coefficient (Wildman–Crippen LogP) is 4.16. The molecule has 132 valence electrons. The van der Waals surface area contributed by atoms with Crippen LogP contribution >= 0.6 is 11.3 Å². The second-order valence-electron chi connectivity index (χ2n) is 7.38. The Bertz CT molecular complexity index is 775. The number of nitrogens with one attached hydrogen (secondary N) is 1. The summed E-state index contributed by atoms with van der Waals surface area (Å²) < 4.78 is 5.73. The molecule has 1 unspecified atom stereocenters. The highest BCUT2D eigenvalue weighted by atomic mass is 32.1. The third-order valence-electron chi connectivity index (χ3n) is 4.39. The SMILES string of the molecule is CC(C)(C)C(NC(=O)COc1cccc2c1CCC2=O)c1cccs1. The van der Waals surface area contributed by atoms with Crippen molar-refractivity contribution in [2.45, 2.75) is 39.7 Å². The molecule has 0 radical (unpaired) electrons. The number of thiophene rings is 1. The van der Waals surface area contributed by atoms with Crippen LogP contribution in [0.2, 0.25) is 0 Å². The maximum atomic E-state index is 12.4. The number of ketones is 1. The Morgan fingerprint density at radius 2 is 2.04 bits per heavy atom. The molecule has 1 amide bonds. The van der Waals surface area contributed by atoms with Gasteiger partial charge in [0.15, 0.2) is 12.4 Å². The van der Waals surface area contributed by atoms with Crippen LogP contribution in [0.5, 0.6) is 5.75 Å². The van der Waals surface area contributed by atoms with Crippen molar-refractivity contribution in [3.05, 3.63) is 51.7 Å². The summed E-state index contributed by atoms with van der Waals surface area (Å²) in [6, 6.07) is 9.42. The number of benzene rings is 1. The van der Waals surface area contributed by atoms with Gasteiger partial charge in [0.2, 0.25) is 0 Å². The minimum atomic E-state index is -0.157. The van der Waals surface area contributed by atoms with Gasteiger partial charge in [-0.3, -0.25) is 9.59 Å². The van der Waals surface area contributed by atoms with E-state index in [-0.39, 0.29) is 29.8 Å². The van der Waals surface area contributed by atoms with E-state index in [1.54, 1.807) is 17.4 Å². The molecular weight excluding hydrogens is 334 g/mol. The summed E-state index contributed by atoms with van der Waals surface area (Å²) in [6.45, 7) is 6.26. The molecule has 1 aliphatic carbocycles. The minimum absolute atomic E-state index is 0.0530. The lowest BCUT2D eigenvalue weighted by atomic mass is 9.86. The topological polar surface area (TPSA) is 55.4 Å². The summed E-state index contributed by atoms with van der Waals surface area (Å²) in [5, 5.41) is 5.10. The van der Waals surface area contributed by atoms with Crippen LogP contribution in [0.1, 0.15) is 54.0 Å². The lowest BCUT2D eigenvalue weighted by Crippen LogP contribution is -2.38. The third-order valence-corrected chi connectivity index (χ3v) is 5.33. The van der Waals surface area contributed by atoms with Crippen LogP contribution < -0.4 is 10.1 Å². The zero-order valence-electron chi connectivity index (χ0n) is 14.8. The Morgan fingerprint density at radius 1 is 1.24 bits per heavy atom. The minimum Gasteiger partial charge on any atom is -0.483 e. The molecule has 5 heteroatoms. The number of amides is 1. The van der Waals surface area contributed by atoms with Gasteiger partial charge in [0.05, 0.1) is 6.04 Å². The molecule has 1 N–H and O–H groups in total. The highest BCUT2D eigenvalue weighted by Gasteiger charge is 2.29. The number of carbonyl (C=O) groups excluding carboxylic acids is 2. The fraction of sp³-hybridized carbons (Fsp3) is 0.400. The van der Waals surface area contributed by atoms with Gasteiger partial charge in [0.1, 0.15) is 5.75 Å². The van der Waals surface area contributed by atoms with Crippen molar-refractivity contribution in [3.8, 4) is 5.75 Å². The van der Waals surface area contributed by atoms with Gasteiger partial charge in [0, 0.05) is 22.4 Å². The summed E-state index contributed by atoms with van der Waals surface area (Å²) in [7, 11) is 0. The van der Waals surface area contributed by atoms with Gasteiger partial charge in [-0.15, -0.1) is 11.3 Å². The molecule has 1 heterocycles. The number of carbonyl (C=O) groups is 2. The lowest BCUT2D eigenvalue weighted by Gasteiger charge is -2.30. The summed E-state index contributed by atoms with van der Waals surface area (Å²) >= 11 is 1.64. The Morgan fingerprint density at radius 3 is 2.72 bits per heavy atom. The molecule has 0 saturated heterocycles. The number of Topliss-reactive ketones (excluding diaryl/α,β-unsaturated/α-hetero) is 1. The molecule has 2 aromatic rings. The monoisotopic (exact) mass is 357 g/mol. The maximum absolute atomic E-state index is 12.4. The van der Waals surface area contributed by atoms with Crippen molar-refractivity contribution < 1.29 is 14.3 Å². The maximum Gasteiger partial charge on any atom is 0.258 e. The highest BCUT2D eigenvalue weighted by Crippen LogP contribution is 2.35. The molecule has 1 atom stereocenters. The van der Waals surface area contributed by atoms with E-state index in [1.807, 2.05) is 29.6 Å². The van der Waals surface area contributed by atoms with Crippen molar-refractivity contribution in [1.29, 1.82) is 0 Å². The average Bonchev–Trinajstić information content (AvgIpc) is 3.20. The lowest BCUT2D eigenvalue weighted by molar-refractivity contribution is -0.124. The Kier molecular flexibility index (Phi) is 4.95. The van der Waals surface area contributed by atoms with Crippen LogP contribution in [0.25, 0.3) is 0 Å². The average molecular weight is 357 g/mol. The molecule has 1 aromatic carbocycles. The molecule has 1 aliphatic rings. The molecule has 0 bridgehead atoms.